The van der Waals surface area contributed by atoms with Crippen molar-refractivity contribution >= 4 is 11.3 Å². The van der Waals surface area contributed by atoms with E-state index < -0.39 is 0 Å². The second-order valence-electron chi connectivity index (χ2n) is 3.49. The Bertz CT molecular complexity index is 260. The van der Waals surface area contributed by atoms with Crippen LogP contribution in [-0.2, 0) is 0 Å². The maximum absolute atomic E-state index is 6.06. The van der Waals surface area contributed by atoms with Gasteiger partial charge in [0.15, 0.2) is 0 Å². The van der Waals surface area contributed by atoms with Gasteiger partial charge in [-0.05, 0) is 12.5 Å². The zero-order valence-corrected chi connectivity index (χ0v) is 9.77. The largest absolute Gasteiger partial charge is 0.496 e. The Hall–Kier alpha value is -0.540. The van der Waals surface area contributed by atoms with Crippen LogP contribution in [0.25, 0.3) is 0 Å². The van der Waals surface area contributed by atoms with Gasteiger partial charge in [-0.3, -0.25) is 0 Å². The lowest BCUT2D eigenvalue weighted by molar-refractivity contribution is 0.416. The van der Waals surface area contributed by atoms with Crippen molar-refractivity contribution in [1.29, 1.82) is 0 Å². The summed E-state index contributed by atoms with van der Waals surface area (Å²) in [6.07, 6.45) is 4.83. The molecule has 0 amide bonds. The van der Waals surface area contributed by atoms with Gasteiger partial charge in [0.2, 0.25) is 0 Å². The van der Waals surface area contributed by atoms with Crippen LogP contribution >= 0.6 is 11.3 Å². The van der Waals surface area contributed by atoms with Crippen LogP contribution in [0.2, 0.25) is 0 Å². The highest BCUT2D eigenvalue weighted by Crippen LogP contribution is 2.28. The molecule has 0 radical (unpaired) electrons. The lowest BCUT2D eigenvalue weighted by Gasteiger charge is -2.07. The van der Waals surface area contributed by atoms with Gasteiger partial charge < -0.3 is 10.5 Å². The molecule has 0 bridgehead atoms. The third-order valence-electron chi connectivity index (χ3n) is 2.32. The summed E-state index contributed by atoms with van der Waals surface area (Å²) in [6.45, 7) is 2.21. The van der Waals surface area contributed by atoms with Crippen molar-refractivity contribution in [2.24, 2.45) is 5.73 Å². The molecule has 0 aliphatic carbocycles. The number of ether oxygens (including phenoxy) is 1. The molecule has 80 valence electrons. The highest BCUT2D eigenvalue weighted by atomic mass is 32.1. The Kier molecular flexibility index (Phi) is 4.98. The Morgan fingerprint density at radius 3 is 2.86 bits per heavy atom. The van der Waals surface area contributed by atoms with Gasteiger partial charge in [-0.2, -0.15) is 0 Å². The van der Waals surface area contributed by atoms with E-state index in [1.165, 1.54) is 24.1 Å². The van der Waals surface area contributed by atoms with Gasteiger partial charge in [-0.25, -0.2) is 0 Å². The first-order valence-corrected chi connectivity index (χ1v) is 6.04. The molecule has 0 aliphatic rings. The van der Waals surface area contributed by atoms with E-state index in [0.29, 0.717) is 0 Å². The maximum Gasteiger partial charge on any atom is 0.129 e. The Balaban J connectivity index is 2.39. The number of unbranched alkanes of at least 4 members (excludes halogenated alkanes) is 2. The van der Waals surface area contributed by atoms with Gasteiger partial charge in [0.1, 0.15) is 5.75 Å². The minimum Gasteiger partial charge on any atom is -0.496 e. The van der Waals surface area contributed by atoms with Crippen molar-refractivity contribution in [3.63, 3.8) is 0 Å². The molecule has 0 saturated carbocycles. The quantitative estimate of drug-likeness (QED) is 0.736. The van der Waals surface area contributed by atoms with Crippen molar-refractivity contribution in [2.75, 3.05) is 7.11 Å². The van der Waals surface area contributed by atoms with Crippen LogP contribution in [0.15, 0.2) is 11.4 Å². The SMILES string of the molecule is CCCCCC(N)c1cc(OC)cs1. The smallest absolute Gasteiger partial charge is 0.129 e. The van der Waals surface area contributed by atoms with E-state index >= 15 is 0 Å². The van der Waals surface area contributed by atoms with Crippen molar-refractivity contribution < 1.29 is 4.74 Å². The fourth-order valence-electron chi connectivity index (χ4n) is 1.39. The standard InChI is InChI=1S/C11H19NOS/c1-3-4-5-6-10(12)11-7-9(13-2)8-14-11/h7-8,10H,3-6,12H2,1-2H3. The fourth-order valence-corrected chi connectivity index (χ4v) is 2.29. The minimum absolute atomic E-state index is 0.190. The summed E-state index contributed by atoms with van der Waals surface area (Å²) in [4.78, 5) is 1.23. The summed E-state index contributed by atoms with van der Waals surface area (Å²) >= 11 is 1.69. The van der Waals surface area contributed by atoms with Crippen molar-refractivity contribution in [3.05, 3.63) is 16.3 Å². The van der Waals surface area contributed by atoms with Crippen molar-refractivity contribution in [3.8, 4) is 5.75 Å². The zero-order valence-electron chi connectivity index (χ0n) is 8.95. The third-order valence-corrected chi connectivity index (χ3v) is 3.36. The molecule has 2 N–H and O–H groups in total. The van der Waals surface area contributed by atoms with Gasteiger partial charge in [0.05, 0.1) is 7.11 Å². The predicted octanol–water partition coefficient (Wildman–Crippen LogP) is 3.34. The van der Waals surface area contributed by atoms with Gasteiger partial charge in [-0.15, -0.1) is 11.3 Å². The Labute approximate surface area is 90.1 Å². The van der Waals surface area contributed by atoms with Gasteiger partial charge >= 0.3 is 0 Å². The van der Waals surface area contributed by atoms with Crippen LogP contribution < -0.4 is 10.5 Å². The number of nitrogens with two attached hydrogens (primary N) is 1. The highest BCUT2D eigenvalue weighted by molar-refractivity contribution is 7.10. The summed E-state index contributed by atoms with van der Waals surface area (Å²) in [5, 5.41) is 2.01. The number of thiophene rings is 1. The molecule has 0 saturated heterocycles. The molecule has 1 unspecified atom stereocenters. The van der Waals surface area contributed by atoms with E-state index in [4.69, 9.17) is 10.5 Å². The molecule has 1 atom stereocenters. The first kappa shape index (κ1) is 11.5. The first-order chi connectivity index (χ1) is 6.77. The molecule has 0 aliphatic heterocycles. The van der Waals surface area contributed by atoms with Gasteiger partial charge in [0, 0.05) is 16.3 Å². The van der Waals surface area contributed by atoms with Gasteiger partial charge in [-0.1, -0.05) is 26.2 Å². The Morgan fingerprint density at radius 1 is 1.50 bits per heavy atom. The van der Waals surface area contributed by atoms with Gasteiger partial charge in [0.25, 0.3) is 0 Å². The molecule has 0 aromatic carbocycles. The van der Waals surface area contributed by atoms with E-state index in [1.807, 2.05) is 11.4 Å². The van der Waals surface area contributed by atoms with E-state index in [2.05, 4.69) is 6.92 Å². The molecule has 1 aromatic rings. The molecule has 14 heavy (non-hydrogen) atoms. The molecule has 1 heterocycles. The van der Waals surface area contributed by atoms with Crippen LogP contribution in [0.1, 0.15) is 43.5 Å². The summed E-state index contributed by atoms with van der Waals surface area (Å²) < 4.78 is 5.13. The number of hydrogen-bond donors (Lipinski definition) is 1. The Morgan fingerprint density at radius 2 is 2.29 bits per heavy atom. The van der Waals surface area contributed by atoms with E-state index in [-0.39, 0.29) is 6.04 Å². The molecule has 0 fully saturated rings. The minimum atomic E-state index is 0.190. The predicted molar refractivity (Wildman–Crippen MR) is 61.9 cm³/mol. The second kappa shape index (κ2) is 6.04. The summed E-state index contributed by atoms with van der Waals surface area (Å²) in [5.41, 5.74) is 6.06. The van der Waals surface area contributed by atoms with Crippen LogP contribution in [0.5, 0.6) is 5.75 Å². The number of rotatable bonds is 6. The highest BCUT2D eigenvalue weighted by Gasteiger charge is 2.08. The first-order valence-electron chi connectivity index (χ1n) is 5.16. The molecule has 2 nitrogen and oxygen atoms in total. The van der Waals surface area contributed by atoms with Crippen molar-refractivity contribution in [1.82, 2.24) is 0 Å². The summed E-state index contributed by atoms with van der Waals surface area (Å²) in [6, 6.07) is 2.23. The van der Waals surface area contributed by atoms with Crippen LogP contribution in [0.3, 0.4) is 0 Å². The third kappa shape index (κ3) is 3.31. The van der Waals surface area contributed by atoms with E-state index in [0.717, 1.165) is 12.2 Å². The van der Waals surface area contributed by atoms with E-state index in [1.54, 1.807) is 18.4 Å². The van der Waals surface area contributed by atoms with Crippen molar-refractivity contribution in [2.45, 2.75) is 38.6 Å². The number of hydrogen-bond acceptors (Lipinski definition) is 3. The molecule has 1 rings (SSSR count). The fraction of sp³-hybridized carbons (Fsp3) is 0.636. The van der Waals surface area contributed by atoms with Crippen LogP contribution in [0, 0.1) is 0 Å². The molecule has 1 aromatic heterocycles. The normalized spacial score (nSPS) is 12.8. The molecular weight excluding hydrogens is 194 g/mol. The lowest BCUT2D eigenvalue weighted by atomic mass is 10.1. The average molecular weight is 213 g/mol. The maximum atomic E-state index is 6.06. The number of methoxy groups -OCH3 is 1. The average Bonchev–Trinajstić information content (AvgIpc) is 2.66. The second-order valence-corrected chi connectivity index (χ2v) is 4.43. The lowest BCUT2D eigenvalue weighted by Crippen LogP contribution is -2.07. The molecule has 3 heteroatoms. The zero-order chi connectivity index (χ0) is 10.4. The van der Waals surface area contributed by atoms with Crippen LogP contribution in [0.4, 0.5) is 0 Å². The topological polar surface area (TPSA) is 35.2 Å². The summed E-state index contributed by atoms with van der Waals surface area (Å²) in [5.74, 6) is 0.927. The summed E-state index contributed by atoms with van der Waals surface area (Å²) in [7, 11) is 1.69. The van der Waals surface area contributed by atoms with E-state index in [9.17, 15) is 0 Å². The molecular formula is C11H19NOS. The molecule has 0 spiro atoms. The van der Waals surface area contributed by atoms with Crippen LogP contribution in [-0.4, -0.2) is 7.11 Å². The monoisotopic (exact) mass is 213 g/mol.